The van der Waals surface area contributed by atoms with Crippen LogP contribution in [-0.2, 0) is 11.3 Å². The van der Waals surface area contributed by atoms with Gasteiger partial charge in [-0.1, -0.05) is 24.3 Å². The predicted molar refractivity (Wildman–Crippen MR) is 86.3 cm³/mol. The number of hydrogen-bond donors (Lipinski definition) is 1. The van der Waals surface area contributed by atoms with Crippen LogP contribution in [0.4, 0.5) is 0 Å². The standard InChI is InChI=1S/C18H28N2O/c1-20-11-3-4-16(12-19-17-9-10-17)18(20)15-7-5-14(6-8-15)13-21-2/h5-8,16-19H,3-4,9-13H2,1-2H3. The fourth-order valence-corrected chi connectivity index (χ4v) is 3.58. The van der Waals surface area contributed by atoms with Crippen LogP contribution in [0.2, 0.25) is 0 Å². The van der Waals surface area contributed by atoms with Crippen molar-refractivity contribution in [3.8, 4) is 0 Å². The Morgan fingerprint density at radius 1 is 1.19 bits per heavy atom. The van der Waals surface area contributed by atoms with Gasteiger partial charge in [0.1, 0.15) is 0 Å². The predicted octanol–water partition coefficient (Wildman–Crippen LogP) is 2.97. The molecule has 3 nitrogen and oxygen atoms in total. The van der Waals surface area contributed by atoms with E-state index < -0.39 is 0 Å². The Kier molecular flexibility index (Phi) is 4.94. The normalized spacial score (nSPS) is 27.0. The van der Waals surface area contributed by atoms with Crippen LogP contribution >= 0.6 is 0 Å². The molecule has 0 spiro atoms. The summed E-state index contributed by atoms with van der Waals surface area (Å²) in [6, 6.07) is 10.4. The van der Waals surface area contributed by atoms with Gasteiger partial charge in [0.25, 0.3) is 0 Å². The molecule has 21 heavy (non-hydrogen) atoms. The lowest BCUT2D eigenvalue weighted by Gasteiger charge is -2.40. The van der Waals surface area contributed by atoms with Crippen LogP contribution in [-0.4, -0.2) is 38.2 Å². The molecule has 2 atom stereocenters. The highest BCUT2D eigenvalue weighted by atomic mass is 16.5. The van der Waals surface area contributed by atoms with Crippen LogP contribution in [0.25, 0.3) is 0 Å². The van der Waals surface area contributed by atoms with Gasteiger partial charge in [-0.05, 0) is 56.3 Å². The molecule has 2 fully saturated rings. The zero-order valence-corrected chi connectivity index (χ0v) is 13.3. The van der Waals surface area contributed by atoms with E-state index in [1.165, 1.54) is 49.9 Å². The Morgan fingerprint density at radius 2 is 1.95 bits per heavy atom. The van der Waals surface area contributed by atoms with Crippen molar-refractivity contribution in [1.82, 2.24) is 10.2 Å². The second-order valence-corrected chi connectivity index (χ2v) is 6.68. The molecule has 3 rings (SSSR count). The van der Waals surface area contributed by atoms with Crippen LogP contribution in [0.3, 0.4) is 0 Å². The van der Waals surface area contributed by atoms with Crippen molar-refractivity contribution in [2.75, 3.05) is 27.2 Å². The molecule has 1 saturated heterocycles. The third kappa shape index (κ3) is 3.85. The summed E-state index contributed by atoms with van der Waals surface area (Å²) in [5.74, 6) is 0.734. The fraction of sp³-hybridized carbons (Fsp3) is 0.667. The van der Waals surface area contributed by atoms with Gasteiger partial charge in [0.05, 0.1) is 6.61 Å². The molecule has 0 bridgehead atoms. The van der Waals surface area contributed by atoms with E-state index in [1.54, 1.807) is 7.11 Å². The van der Waals surface area contributed by atoms with E-state index in [4.69, 9.17) is 4.74 Å². The maximum atomic E-state index is 5.21. The molecule has 2 unspecified atom stereocenters. The monoisotopic (exact) mass is 288 g/mol. The van der Waals surface area contributed by atoms with E-state index in [-0.39, 0.29) is 0 Å². The van der Waals surface area contributed by atoms with Crippen molar-refractivity contribution in [3.63, 3.8) is 0 Å². The van der Waals surface area contributed by atoms with Gasteiger partial charge >= 0.3 is 0 Å². The summed E-state index contributed by atoms with van der Waals surface area (Å²) in [5, 5.41) is 3.73. The van der Waals surface area contributed by atoms with Gasteiger partial charge in [-0.25, -0.2) is 0 Å². The summed E-state index contributed by atoms with van der Waals surface area (Å²) in [7, 11) is 4.03. The molecule has 1 heterocycles. The van der Waals surface area contributed by atoms with Crippen molar-refractivity contribution in [3.05, 3.63) is 35.4 Å². The smallest absolute Gasteiger partial charge is 0.0713 e. The van der Waals surface area contributed by atoms with Crippen LogP contribution in [0, 0.1) is 5.92 Å². The van der Waals surface area contributed by atoms with E-state index in [1.807, 2.05) is 0 Å². The van der Waals surface area contributed by atoms with E-state index in [0.717, 1.165) is 12.0 Å². The van der Waals surface area contributed by atoms with Crippen molar-refractivity contribution in [1.29, 1.82) is 0 Å². The third-order valence-electron chi connectivity index (χ3n) is 4.89. The van der Waals surface area contributed by atoms with Crippen LogP contribution in [0.5, 0.6) is 0 Å². The van der Waals surface area contributed by atoms with Gasteiger partial charge in [0.15, 0.2) is 0 Å². The minimum atomic E-state index is 0.557. The topological polar surface area (TPSA) is 24.5 Å². The zero-order chi connectivity index (χ0) is 14.7. The van der Waals surface area contributed by atoms with Gasteiger partial charge in [-0.15, -0.1) is 0 Å². The number of hydrogen-bond acceptors (Lipinski definition) is 3. The van der Waals surface area contributed by atoms with Crippen LogP contribution < -0.4 is 5.32 Å². The summed E-state index contributed by atoms with van der Waals surface area (Å²) >= 11 is 0. The second-order valence-electron chi connectivity index (χ2n) is 6.68. The van der Waals surface area contributed by atoms with Crippen LogP contribution in [0.1, 0.15) is 42.9 Å². The van der Waals surface area contributed by atoms with Gasteiger partial charge in [0.2, 0.25) is 0 Å². The molecular weight excluding hydrogens is 260 g/mol. The first-order chi connectivity index (χ1) is 10.3. The summed E-state index contributed by atoms with van der Waals surface area (Å²) < 4.78 is 5.21. The van der Waals surface area contributed by atoms with E-state index in [9.17, 15) is 0 Å². The number of likely N-dealkylation sites (tertiary alicyclic amines) is 1. The molecule has 2 aliphatic rings. The Bertz CT molecular complexity index is 441. The molecular formula is C18H28N2O. The Labute approximate surface area is 128 Å². The molecule has 0 aromatic heterocycles. The van der Waals surface area contributed by atoms with Gasteiger partial charge < -0.3 is 10.1 Å². The highest BCUT2D eigenvalue weighted by Crippen LogP contribution is 2.35. The minimum Gasteiger partial charge on any atom is -0.380 e. The molecule has 1 saturated carbocycles. The van der Waals surface area contributed by atoms with Crippen molar-refractivity contribution >= 4 is 0 Å². The molecule has 1 N–H and O–H groups in total. The molecule has 0 radical (unpaired) electrons. The first kappa shape index (κ1) is 15.0. The number of benzene rings is 1. The van der Waals surface area contributed by atoms with E-state index in [2.05, 4.69) is 41.5 Å². The molecule has 3 heteroatoms. The Hall–Kier alpha value is -0.900. The summed E-state index contributed by atoms with van der Waals surface area (Å²) in [6.07, 6.45) is 5.41. The summed E-state index contributed by atoms with van der Waals surface area (Å²) in [5.41, 5.74) is 2.71. The van der Waals surface area contributed by atoms with Gasteiger partial charge in [-0.2, -0.15) is 0 Å². The summed E-state index contributed by atoms with van der Waals surface area (Å²) in [4.78, 5) is 2.54. The number of nitrogens with zero attached hydrogens (tertiary/aromatic N) is 1. The lowest BCUT2D eigenvalue weighted by Crippen LogP contribution is -2.40. The Morgan fingerprint density at radius 3 is 2.62 bits per heavy atom. The van der Waals surface area contributed by atoms with Crippen molar-refractivity contribution in [2.24, 2.45) is 5.92 Å². The number of rotatable bonds is 6. The lowest BCUT2D eigenvalue weighted by molar-refractivity contribution is 0.119. The maximum Gasteiger partial charge on any atom is 0.0713 e. The first-order valence-corrected chi connectivity index (χ1v) is 8.29. The fourth-order valence-electron chi connectivity index (χ4n) is 3.58. The average Bonchev–Trinajstić information content (AvgIpc) is 3.31. The second kappa shape index (κ2) is 6.91. The molecule has 1 aromatic carbocycles. The van der Waals surface area contributed by atoms with Crippen LogP contribution in [0.15, 0.2) is 24.3 Å². The highest BCUT2D eigenvalue weighted by molar-refractivity contribution is 5.26. The molecule has 1 aliphatic heterocycles. The van der Waals surface area contributed by atoms with E-state index >= 15 is 0 Å². The van der Waals surface area contributed by atoms with Crippen molar-refractivity contribution < 1.29 is 4.74 Å². The number of piperidine rings is 1. The number of methoxy groups -OCH3 is 1. The maximum absolute atomic E-state index is 5.21. The number of ether oxygens (including phenoxy) is 1. The molecule has 1 aliphatic carbocycles. The van der Waals surface area contributed by atoms with Gasteiger partial charge in [-0.3, -0.25) is 4.90 Å². The Balaban J connectivity index is 1.70. The van der Waals surface area contributed by atoms with E-state index in [0.29, 0.717) is 12.6 Å². The zero-order valence-electron chi connectivity index (χ0n) is 13.3. The molecule has 1 aromatic rings. The third-order valence-corrected chi connectivity index (χ3v) is 4.89. The lowest BCUT2D eigenvalue weighted by atomic mass is 9.84. The van der Waals surface area contributed by atoms with Gasteiger partial charge in [0, 0.05) is 25.7 Å². The first-order valence-electron chi connectivity index (χ1n) is 8.29. The highest BCUT2D eigenvalue weighted by Gasteiger charge is 2.31. The summed E-state index contributed by atoms with van der Waals surface area (Å²) in [6.45, 7) is 3.08. The average molecular weight is 288 g/mol. The minimum absolute atomic E-state index is 0.557. The number of nitrogens with one attached hydrogen (secondary N) is 1. The molecule has 0 amide bonds. The quantitative estimate of drug-likeness (QED) is 0.871. The SMILES string of the molecule is COCc1ccc(C2C(CNC3CC3)CCCN2C)cc1. The van der Waals surface area contributed by atoms with Crippen molar-refractivity contribution in [2.45, 2.75) is 44.4 Å². The largest absolute Gasteiger partial charge is 0.380 e. The molecule has 116 valence electrons.